The molecule has 1 fully saturated rings. The van der Waals surface area contributed by atoms with Gasteiger partial charge in [0.2, 0.25) is 10.0 Å². The molecule has 0 spiro atoms. The second kappa shape index (κ2) is 9.25. The zero-order valence-electron chi connectivity index (χ0n) is 16.8. The van der Waals surface area contributed by atoms with Crippen molar-refractivity contribution < 1.29 is 22.7 Å². The summed E-state index contributed by atoms with van der Waals surface area (Å²) in [7, 11) is -1.96. The van der Waals surface area contributed by atoms with Crippen molar-refractivity contribution in [3.05, 3.63) is 41.3 Å². The number of hydrogen-bond acceptors (Lipinski definition) is 6. The second-order valence-electron chi connectivity index (χ2n) is 7.02. The summed E-state index contributed by atoms with van der Waals surface area (Å²) in [5, 5.41) is 2.71. The third kappa shape index (κ3) is 5.36. The maximum Gasteiger partial charge on any atom is 0.265 e. The minimum absolute atomic E-state index is 0.0308. The van der Waals surface area contributed by atoms with Crippen LogP contribution in [0.3, 0.4) is 0 Å². The van der Waals surface area contributed by atoms with E-state index < -0.39 is 10.0 Å². The molecule has 29 heavy (non-hydrogen) atoms. The predicted molar refractivity (Wildman–Crippen MR) is 114 cm³/mol. The first kappa shape index (κ1) is 21.8. The van der Waals surface area contributed by atoms with Gasteiger partial charge in [0.15, 0.2) is 0 Å². The van der Waals surface area contributed by atoms with E-state index in [2.05, 4.69) is 5.32 Å². The minimum Gasteiger partial charge on any atom is -0.495 e. The van der Waals surface area contributed by atoms with Crippen molar-refractivity contribution >= 4 is 27.3 Å². The Kier molecular flexibility index (Phi) is 6.94. The van der Waals surface area contributed by atoms with Gasteiger partial charge in [0.1, 0.15) is 10.6 Å². The molecule has 3 rings (SSSR count). The smallest absolute Gasteiger partial charge is 0.265 e. The van der Waals surface area contributed by atoms with Crippen LogP contribution in [0.4, 0.5) is 0 Å². The average Bonchev–Trinajstić information content (AvgIpc) is 3.12. The number of thiophene rings is 1. The van der Waals surface area contributed by atoms with Gasteiger partial charge >= 0.3 is 0 Å². The molecular formula is C20H26N2O5S2. The molecule has 9 heteroatoms. The van der Waals surface area contributed by atoms with Gasteiger partial charge in [0.25, 0.3) is 5.91 Å². The number of amides is 1. The number of sulfonamides is 1. The lowest BCUT2D eigenvalue weighted by molar-refractivity contribution is -0.0440. The van der Waals surface area contributed by atoms with E-state index in [0.717, 1.165) is 10.4 Å². The monoisotopic (exact) mass is 438 g/mol. The summed E-state index contributed by atoms with van der Waals surface area (Å²) in [6.07, 6.45) is -0.287. The van der Waals surface area contributed by atoms with E-state index >= 15 is 0 Å². The van der Waals surface area contributed by atoms with E-state index in [4.69, 9.17) is 9.47 Å². The highest BCUT2D eigenvalue weighted by molar-refractivity contribution is 7.89. The van der Waals surface area contributed by atoms with Gasteiger partial charge in [-0.2, -0.15) is 4.31 Å². The van der Waals surface area contributed by atoms with Crippen LogP contribution in [0.5, 0.6) is 5.75 Å². The van der Waals surface area contributed by atoms with Crippen LogP contribution >= 0.6 is 11.3 Å². The Morgan fingerprint density at radius 1 is 1.24 bits per heavy atom. The molecule has 158 valence electrons. The molecule has 1 amide bonds. The molecule has 0 radical (unpaired) electrons. The van der Waals surface area contributed by atoms with Crippen molar-refractivity contribution in [1.82, 2.24) is 9.62 Å². The van der Waals surface area contributed by atoms with Crippen molar-refractivity contribution in [1.29, 1.82) is 0 Å². The molecule has 2 heterocycles. The van der Waals surface area contributed by atoms with Gasteiger partial charge < -0.3 is 14.8 Å². The Morgan fingerprint density at radius 3 is 2.52 bits per heavy atom. The molecule has 0 bridgehead atoms. The van der Waals surface area contributed by atoms with Gasteiger partial charge in [-0.15, -0.1) is 11.3 Å². The van der Waals surface area contributed by atoms with Gasteiger partial charge in [-0.05, 0) is 25.5 Å². The molecule has 1 aromatic carbocycles. The molecule has 1 aliphatic rings. The standard InChI is InChI=1S/C20H26N2O5S2/c1-14-12-22(13-15(2)27-14)29(24,25)10-9-21-20(23)19-17(26-3)11-18(28-19)16-7-5-4-6-8-16/h4-8,11,14-15H,9-10,12-13H2,1-3H3,(H,21,23). The highest BCUT2D eigenvalue weighted by Crippen LogP contribution is 2.36. The van der Waals surface area contributed by atoms with Crippen LogP contribution in [0.15, 0.2) is 36.4 Å². The van der Waals surface area contributed by atoms with Crippen LogP contribution in [0, 0.1) is 0 Å². The van der Waals surface area contributed by atoms with E-state index in [0.29, 0.717) is 23.7 Å². The Bertz CT molecular complexity index is 933. The van der Waals surface area contributed by atoms with Crippen LogP contribution < -0.4 is 10.1 Å². The topological polar surface area (TPSA) is 84.9 Å². The van der Waals surface area contributed by atoms with Crippen LogP contribution in [0.25, 0.3) is 10.4 Å². The Balaban J connectivity index is 1.63. The summed E-state index contributed by atoms with van der Waals surface area (Å²) in [6.45, 7) is 4.41. The van der Waals surface area contributed by atoms with E-state index in [1.54, 1.807) is 0 Å². The zero-order chi connectivity index (χ0) is 21.0. The minimum atomic E-state index is -3.47. The molecule has 1 saturated heterocycles. The summed E-state index contributed by atoms with van der Waals surface area (Å²) in [5.74, 6) is -0.0183. The molecule has 0 aliphatic carbocycles. The number of ether oxygens (including phenoxy) is 2. The quantitative estimate of drug-likeness (QED) is 0.718. The SMILES string of the molecule is COc1cc(-c2ccccc2)sc1C(=O)NCCS(=O)(=O)N1CC(C)OC(C)C1. The van der Waals surface area contributed by atoms with Crippen molar-refractivity contribution in [2.45, 2.75) is 26.1 Å². The highest BCUT2D eigenvalue weighted by atomic mass is 32.2. The lowest BCUT2D eigenvalue weighted by Crippen LogP contribution is -2.49. The highest BCUT2D eigenvalue weighted by Gasteiger charge is 2.30. The summed E-state index contributed by atoms with van der Waals surface area (Å²) >= 11 is 1.32. The number of nitrogens with one attached hydrogen (secondary N) is 1. The fourth-order valence-corrected chi connectivity index (χ4v) is 5.83. The number of nitrogens with zero attached hydrogens (tertiary/aromatic N) is 1. The van der Waals surface area contributed by atoms with Crippen LogP contribution in [0.1, 0.15) is 23.5 Å². The summed E-state index contributed by atoms with van der Waals surface area (Å²) in [6, 6.07) is 11.5. The molecule has 1 aromatic heterocycles. The molecule has 1 aliphatic heterocycles. The number of hydrogen-bond donors (Lipinski definition) is 1. The molecule has 7 nitrogen and oxygen atoms in total. The molecular weight excluding hydrogens is 412 g/mol. The van der Waals surface area contributed by atoms with Gasteiger partial charge in [-0.1, -0.05) is 30.3 Å². The third-order valence-corrected chi connectivity index (χ3v) is 7.58. The first-order valence-electron chi connectivity index (χ1n) is 9.45. The number of rotatable bonds is 7. The van der Waals surface area contributed by atoms with Gasteiger partial charge in [-0.3, -0.25) is 4.79 Å². The Labute approximate surface area is 175 Å². The van der Waals surface area contributed by atoms with Crippen molar-refractivity contribution in [2.24, 2.45) is 0 Å². The number of morpholine rings is 1. The van der Waals surface area contributed by atoms with Crippen LogP contribution in [-0.2, 0) is 14.8 Å². The maximum atomic E-state index is 12.6. The first-order valence-corrected chi connectivity index (χ1v) is 11.9. The van der Waals surface area contributed by atoms with E-state index in [-0.39, 0.29) is 30.4 Å². The lowest BCUT2D eigenvalue weighted by Gasteiger charge is -2.34. The molecule has 1 N–H and O–H groups in total. The van der Waals surface area contributed by atoms with Gasteiger partial charge in [0.05, 0.1) is 25.1 Å². The largest absolute Gasteiger partial charge is 0.495 e. The van der Waals surface area contributed by atoms with Gasteiger partial charge in [-0.25, -0.2) is 8.42 Å². The lowest BCUT2D eigenvalue weighted by atomic mass is 10.2. The average molecular weight is 439 g/mol. The number of methoxy groups -OCH3 is 1. The van der Waals surface area contributed by atoms with Crippen LogP contribution in [-0.4, -0.2) is 63.3 Å². The third-order valence-electron chi connectivity index (χ3n) is 4.61. The normalized spacial score (nSPS) is 20.4. The predicted octanol–water partition coefficient (Wildman–Crippen LogP) is 2.59. The zero-order valence-corrected chi connectivity index (χ0v) is 18.4. The van der Waals surface area contributed by atoms with Crippen molar-refractivity contribution in [2.75, 3.05) is 32.5 Å². The number of benzene rings is 1. The Hall–Kier alpha value is -1.94. The Morgan fingerprint density at radius 2 is 1.90 bits per heavy atom. The second-order valence-corrected chi connectivity index (χ2v) is 10.2. The molecule has 2 atom stereocenters. The van der Waals surface area contributed by atoms with Crippen molar-refractivity contribution in [3.63, 3.8) is 0 Å². The van der Waals surface area contributed by atoms with E-state index in [1.807, 2.05) is 50.2 Å². The van der Waals surface area contributed by atoms with Crippen LogP contribution in [0.2, 0.25) is 0 Å². The molecule has 2 unspecified atom stereocenters. The first-order chi connectivity index (χ1) is 13.8. The summed E-state index contributed by atoms with van der Waals surface area (Å²) < 4.78 is 37.6. The van der Waals surface area contributed by atoms with E-state index in [1.165, 1.54) is 22.8 Å². The van der Waals surface area contributed by atoms with E-state index in [9.17, 15) is 13.2 Å². The van der Waals surface area contributed by atoms with Crippen molar-refractivity contribution in [3.8, 4) is 16.2 Å². The summed E-state index contributed by atoms with van der Waals surface area (Å²) in [4.78, 5) is 14.0. The molecule has 0 saturated carbocycles. The number of carbonyl (C=O) groups excluding carboxylic acids is 1. The molecule has 2 aromatic rings. The summed E-state index contributed by atoms with van der Waals surface area (Å²) in [5.41, 5.74) is 0.994. The maximum absolute atomic E-state index is 12.6. The van der Waals surface area contributed by atoms with Gasteiger partial charge in [0, 0.05) is 24.5 Å². The fourth-order valence-electron chi connectivity index (χ4n) is 3.29. The number of carbonyl (C=O) groups is 1. The fraction of sp³-hybridized carbons (Fsp3) is 0.450.